The third kappa shape index (κ3) is 3.82. The lowest BCUT2D eigenvalue weighted by Gasteiger charge is -2.04. The third-order valence-corrected chi connectivity index (χ3v) is 3.44. The van der Waals surface area contributed by atoms with Crippen molar-refractivity contribution in [1.29, 1.82) is 0 Å². The molecule has 0 radical (unpaired) electrons. The highest BCUT2D eigenvalue weighted by Gasteiger charge is 2.05. The number of ketones is 1. The highest BCUT2D eigenvalue weighted by atomic mass is 35.5. The summed E-state index contributed by atoms with van der Waals surface area (Å²) in [6, 6.07) is 15.3. The van der Waals surface area contributed by atoms with Crippen LogP contribution in [0, 0.1) is 0 Å². The van der Waals surface area contributed by atoms with Gasteiger partial charge in [0.25, 0.3) is 0 Å². The number of hydrogen-bond acceptors (Lipinski definition) is 1. The molecule has 2 aromatic carbocycles. The molecule has 0 unspecified atom stereocenters. The molecule has 0 aliphatic rings. The van der Waals surface area contributed by atoms with Gasteiger partial charge in [0.05, 0.1) is 0 Å². The lowest BCUT2D eigenvalue weighted by Crippen LogP contribution is -1.98. The van der Waals surface area contributed by atoms with Crippen molar-refractivity contribution in [3.63, 3.8) is 0 Å². The van der Waals surface area contributed by atoms with Crippen LogP contribution in [0.4, 0.5) is 0 Å². The van der Waals surface area contributed by atoms with Crippen LogP contribution in [0.3, 0.4) is 0 Å². The Morgan fingerprint density at radius 1 is 0.895 bits per heavy atom. The largest absolute Gasteiger partial charge is 0.294 e. The first-order valence-electron chi connectivity index (χ1n) is 6.16. The van der Waals surface area contributed by atoms with Crippen LogP contribution in [0.15, 0.2) is 48.5 Å². The number of hydrogen-bond donors (Lipinski definition) is 0. The summed E-state index contributed by atoms with van der Waals surface area (Å²) in [6.07, 6.45) is 1.23. The Kier molecular flexibility index (Phi) is 5.00. The fourth-order valence-corrected chi connectivity index (χ4v) is 2.12. The van der Waals surface area contributed by atoms with Crippen LogP contribution in [0.1, 0.15) is 23.2 Å². The minimum atomic E-state index is 0.142. The zero-order valence-corrected chi connectivity index (χ0v) is 11.9. The lowest BCUT2D eigenvalue weighted by atomic mass is 10.0. The van der Waals surface area contributed by atoms with Crippen molar-refractivity contribution >= 4 is 29.0 Å². The normalized spacial score (nSPS) is 10.4. The predicted octanol–water partition coefficient (Wildman–Crippen LogP) is 5.21. The van der Waals surface area contributed by atoms with Gasteiger partial charge >= 0.3 is 0 Å². The topological polar surface area (TPSA) is 17.1 Å². The average Bonchev–Trinajstić information content (AvgIpc) is 2.46. The standard InChI is InChI=1S/C16H14Cl2O/c17-11-1-2-16(19)14-5-3-12(4-6-14)13-7-9-15(18)10-8-13/h3-10H,1-2,11H2. The Morgan fingerprint density at radius 3 is 1.95 bits per heavy atom. The molecule has 0 aliphatic heterocycles. The Labute approximate surface area is 123 Å². The van der Waals surface area contributed by atoms with Gasteiger partial charge in [0, 0.05) is 22.9 Å². The van der Waals surface area contributed by atoms with Crippen LogP contribution < -0.4 is 0 Å². The van der Waals surface area contributed by atoms with E-state index in [4.69, 9.17) is 23.2 Å². The average molecular weight is 293 g/mol. The Balaban J connectivity index is 2.14. The number of benzene rings is 2. The van der Waals surface area contributed by atoms with Crippen molar-refractivity contribution in [2.45, 2.75) is 12.8 Å². The first kappa shape index (κ1) is 14.1. The highest BCUT2D eigenvalue weighted by Crippen LogP contribution is 2.22. The SMILES string of the molecule is O=C(CCCCl)c1ccc(-c2ccc(Cl)cc2)cc1. The van der Waals surface area contributed by atoms with Gasteiger partial charge in [0.1, 0.15) is 0 Å². The van der Waals surface area contributed by atoms with E-state index in [2.05, 4.69) is 0 Å². The maximum Gasteiger partial charge on any atom is 0.162 e. The molecule has 2 rings (SSSR count). The summed E-state index contributed by atoms with van der Waals surface area (Å²) in [6.45, 7) is 0. The highest BCUT2D eigenvalue weighted by molar-refractivity contribution is 6.30. The first-order chi connectivity index (χ1) is 9.20. The van der Waals surface area contributed by atoms with E-state index in [1.54, 1.807) is 0 Å². The van der Waals surface area contributed by atoms with Gasteiger partial charge in [-0.3, -0.25) is 4.79 Å². The van der Waals surface area contributed by atoms with Crippen LogP contribution in [0.2, 0.25) is 5.02 Å². The van der Waals surface area contributed by atoms with Gasteiger partial charge in [0.15, 0.2) is 5.78 Å². The maximum absolute atomic E-state index is 11.8. The van der Waals surface area contributed by atoms with Crippen molar-refractivity contribution in [3.05, 3.63) is 59.1 Å². The minimum absolute atomic E-state index is 0.142. The van der Waals surface area contributed by atoms with E-state index in [1.807, 2.05) is 48.5 Å². The van der Waals surface area contributed by atoms with E-state index in [1.165, 1.54) is 0 Å². The molecular formula is C16H14Cl2O. The van der Waals surface area contributed by atoms with E-state index in [0.29, 0.717) is 12.3 Å². The molecule has 2 aromatic rings. The Morgan fingerprint density at radius 2 is 1.42 bits per heavy atom. The predicted molar refractivity (Wildman–Crippen MR) is 81.2 cm³/mol. The lowest BCUT2D eigenvalue weighted by molar-refractivity contribution is 0.0982. The quantitative estimate of drug-likeness (QED) is 0.546. The van der Waals surface area contributed by atoms with Crippen molar-refractivity contribution in [2.75, 3.05) is 5.88 Å². The summed E-state index contributed by atoms with van der Waals surface area (Å²) < 4.78 is 0. The monoisotopic (exact) mass is 292 g/mol. The zero-order valence-electron chi connectivity index (χ0n) is 10.4. The summed E-state index contributed by atoms with van der Waals surface area (Å²) in [5.41, 5.74) is 2.90. The second-order valence-electron chi connectivity index (χ2n) is 4.30. The number of alkyl halides is 1. The van der Waals surface area contributed by atoms with Gasteiger partial charge in [0.2, 0.25) is 0 Å². The third-order valence-electron chi connectivity index (χ3n) is 2.92. The molecule has 0 saturated heterocycles. The molecule has 0 bridgehead atoms. The maximum atomic E-state index is 11.8. The van der Waals surface area contributed by atoms with Crippen molar-refractivity contribution in [2.24, 2.45) is 0 Å². The molecule has 0 N–H and O–H groups in total. The van der Waals surface area contributed by atoms with E-state index in [-0.39, 0.29) is 5.78 Å². The molecule has 3 heteroatoms. The summed E-state index contributed by atoms with van der Waals surface area (Å²) in [4.78, 5) is 11.8. The summed E-state index contributed by atoms with van der Waals surface area (Å²) in [5.74, 6) is 0.664. The number of carbonyl (C=O) groups is 1. The first-order valence-corrected chi connectivity index (χ1v) is 7.07. The van der Waals surface area contributed by atoms with Gasteiger partial charge in [-0.15, -0.1) is 11.6 Å². The van der Waals surface area contributed by atoms with Crippen LogP contribution >= 0.6 is 23.2 Å². The van der Waals surface area contributed by atoms with Crippen LogP contribution in [-0.2, 0) is 0 Å². The van der Waals surface area contributed by atoms with Gasteiger partial charge < -0.3 is 0 Å². The second-order valence-corrected chi connectivity index (χ2v) is 5.11. The second kappa shape index (κ2) is 6.74. The molecule has 1 nitrogen and oxygen atoms in total. The molecule has 0 aromatic heterocycles. The smallest absolute Gasteiger partial charge is 0.162 e. The van der Waals surface area contributed by atoms with Gasteiger partial charge in [-0.05, 0) is 29.7 Å². The minimum Gasteiger partial charge on any atom is -0.294 e. The molecule has 0 heterocycles. The van der Waals surface area contributed by atoms with E-state index >= 15 is 0 Å². The molecule has 0 atom stereocenters. The summed E-state index contributed by atoms with van der Waals surface area (Å²) in [7, 11) is 0. The van der Waals surface area contributed by atoms with E-state index in [0.717, 1.165) is 28.1 Å². The Bertz CT molecular complexity index is 544. The number of rotatable bonds is 5. The molecule has 0 spiro atoms. The summed E-state index contributed by atoms with van der Waals surface area (Å²) >= 11 is 11.4. The van der Waals surface area contributed by atoms with Crippen LogP contribution in [0.5, 0.6) is 0 Å². The Hall–Kier alpha value is -1.31. The number of halogens is 2. The molecule has 0 aliphatic carbocycles. The van der Waals surface area contributed by atoms with Crippen molar-refractivity contribution in [3.8, 4) is 11.1 Å². The zero-order chi connectivity index (χ0) is 13.7. The van der Waals surface area contributed by atoms with Gasteiger partial charge in [-0.25, -0.2) is 0 Å². The molecule has 0 amide bonds. The molecular weight excluding hydrogens is 279 g/mol. The molecule has 0 fully saturated rings. The van der Waals surface area contributed by atoms with Crippen LogP contribution in [0.25, 0.3) is 11.1 Å². The fraction of sp³-hybridized carbons (Fsp3) is 0.188. The van der Waals surface area contributed by atoms with Crippen molar-refractivity contribution < 1.29 is 4.79 Å². The van der Waals surface area contributed by atoms with Crippen LogP contribution in [-0.4, -0.2) is 11.7 Å². The van der Waals surface area contributed by atoms with E-state index in [9.17, 15) is 4.79 Å². The van der Waals surface area contributed by atoms with E-state index < -0.39 is 0 Å². The number of carbonyl (C=O) groups excluding carboxylic acids is 1. The fourth-order valence-electron chi connectivity index (χ4n) is 1.86. The number of Topliss-reactive ketones (excluding diaryl/α,β-unsaturated/α-hetero) is 1. The molecule has 19 heavy (non-hydrogen) atoms. The molecule has 98 valence electrons. The van der Waals surface area contributed by atoms with Gasteiger partial charge in [-0.2, -0.15) is 0 Å². The summed E-state index contributed by atoms with van der Waals surface area (Å²) in [5, 5.41) is 0.719. The molecule has 0 saturated carbocycles. The van der Waals surface area contributed by atoms with Crippen molar-refractivity contribution in [1.82, 2.24) is 0 Å². The van der Waals surface area contributed by atoms with Gasteiger partial charge in [-0.1, -0.05) is 48.0 Å².